The average Bonchev–Trinajstić information content (AvgIpc) is 2.18. The molecule has 1 aliphatic heterocycles. The van der Waals surface area contributed by atoms with Crippen LogP contribution in [0.2, 0.25) is 0 Å². The van der Waals surface area contributed by atoms with Crippen LogP contribution in [0.15, 0.2) is 0 Å². The fourth-order valence-corrected chi connectivity index (χ4v) is 0.982. The Labute approximate surface area is 54.2 Å². The lowest BCUT2D eigenvalue weighted by molar-refractivity contribution is -0.108. The lowest BCUT2D eigenvalue weighted by atomic mass is 10.0. The number of carbonyl (C=O) groups is 1. The van der Waals surface area contributed by atoms with Crippen molar-refractivity contribution in [3.63, 3.8) is 0 Å². The van der Waals surface area contributed by atoms with Crippen LogP contribution in [0.1, 0.15) is 6.42 Å². The second-order valence-electron chi connectivity index (χ2n) is 2.36. The minimum atomic E-state index is 0.0789. The van der Waals surface area contributed by atoms with E-state index in [1.807, 2.05) is 0 Å². The zero-order valence-electron chi connectivity index (χ0n) is 5.25. The zero-order valence-corrected chi connectivity index (χ0v) is 5.25. The molecule has 9 heavy (non-hydrogen) atoms. The highest BCUT2D eigenvalue weighted by molar-refractivity contribution is 5.50. The third kappa shape index (κ3) is 1.50. The van der Waals surface area contributed by atoms with Crippen LogP contribution in [-0.2, 0) is 9.53 Å². The smallest absolute Gasteiger partial charge is 0.120 e. The number of hydrogen-bond acceptors (Lipinski definition) is 3. The van der Waals surface area contributed by atoms with Crippen LogP contribution in [0.25, 0.3) is 0 Å². The Kier molecular flexibility index (Phi) is 2.19. The van der Waals surface area contributed by atoms with Crippen LogP contribution in [0.3, 0.4) is 0 Å². The predicted molar refractivity (Wildman–Crippen MR) is 33.0 cm³/mol. The molecule has 2 atom stereocenters. The SMILES string of the molecule is NC1COCC1CC=O. The summed E-state index contributed by atoms with van der Waals surface area (Å²) >= 11 is 0. The lowest BCUT2D eigenvalue weighted by Crippen LogP contribution is -2.28. The first-order valence-electron chi connectivity index (χ1n) is 3.11. The molecule has 0 amide bonds. The van der Waals surface area contributed by atoms with Crippen LogP contribution < -0.4 is 5.73 Å². The van der Waals surface area contributed by atoms with Gasteiger partial charge in [-0.15, -0.1) is 0 Å². The van der Waals surface area contributed by atoms with Crippen molar-refractivity contribution in [1.29, 1.82) is 0 Å². The Balaban J connectivity index is 2.30. The largest absolute Gasteiger partial charge is 0.379 e. The van der Waals surface area contributed by atoms with Gasteiger partial charge in [0.1, 0.15) is 6.29 Å². The molecule has 0 bridgehead atoms. The minimum Gasteiger partial charge on any atom is -0.379 e. The quantitative estimate of drug-likeness (QED) is 0.514. The third-order valence-corrected chi connectivity index (χ3v) is 1.65. The van der Waals surface area contributed by atoms with Crippen molar-refractivity contribution in [2.24, 2.45) is 11.7 Å². The number of aldehydes is 1. The molecule has 0 aromatic heterocycles. The van der Waals surface area contributed by atoms with Crippen molar-refractivity contribution < 1.29 is 9.53 Å². The Hall–Kier alpha value is -0.410. The van der Waals surface area contributed by atoms with Crippen LogP contribution >= 0.6 is 0 Å². The fourth-order valence-electron chi connectivity index (χ4n) is 0.982. The topological polar surface area (TPSA) is 52.3 Å². The van der Waals surface area contributed by atoms with E-state index in [9.17, 15) is 4.79 Å². The van der Waals surface area contributed by atoms with Crippen molar-refractivity contribution in [2.45, 2.75) is 12.5 Å². The second-order valence-corrected chi connectivity index (χ2v) is 2.36. The summed E-state index contributed by atoms with van der Waals surface area (Å²) in [5, 5.41) is 0. The fraction of sp³-hybridized carbons (Fsp3) is 0.833. The van der Waals surface area contributed by atoms with Gasteiger partial charge in [-0.2, -0.15) is 0 Å². The summed E-state index contributed by atoms with van der Waals surface area (Å²) in [5.74, 6) is 0.266. The van der Waals surface area contributed by atoms with Crippen molar-refractivity contribution >= 4 is 6.29 Å². The maximum atomic E-state index is 10.00. The van der Waals surface area contributed by atoms with Crippen molar-refractivity contribution in [2.75, 3.05) is 13.2 Å². The molecule has 1 heterocycles. The number of carbonyl (C=O) groups excluding carboxylic acids is 1. The van der Waals surface area contributed by atoms with Gasteiger partial charge in [0, 0.05) is 18.4 Å². The third-order valence-electron chi connectivity index (χ3n) is 1.65. The number of rotatable bonds is 2. The summed E-state index contributed by atoms with van der Waals surface area (Å²) in [4.78, 5) is 10.00. The zero-order chi connectivity index (χ0) is 6.69. The Morgan fingerprint density at radius 1 is 1.67 bits per heavy atom. The molecule has 3 heteroatoms. The van der Waals surface area contributed by atoms with Crippen LogP contribution in [0.5, 0.6) is 0 Å². The predicted octanol–water partition coefficient (Wildman–Crippen LogP) is -0.451. The number of hydrogen-bond donors (Lipinski definition) is 1. The van der Waals surface area contributed by atoms with E-state index in [0.717, 1.165) is 6.29 Å². The van der Waals surface area contributed by atoms with Gasteiger partial charge < -0.3 is 15.3 Å². The molecule has 0 saturated carbocycles. The van der Waals surface area contributed by atoms with Gasteiger partial charge in [0.25, 0.3) is 0 Å². The van der Waals surface area contributed by atoms with Gasteiger partial charge >= 0.3 is 0 Å². The molecule has 1 aliphatic rings. The van der Waals surface area contributed by atoms with Crippen molar-refractivity contribution in [3.8, 4) is 0 Å². The van der Waals surface area contributed by atoms with E-state index in [1.54, 1.807) is 0 Å². The molecule has 3 nitrogen and oxygen atoms in total. The average molecular weight is 129 g/mol. The molecule has 0 spiro atoms. The van der Waals surface area contributed by atoms with Gasteiger partial charge in [0.2, 0.25) is 0 Å². The van der Waals surface area contributed by atoms with E-state index >= 15 is 0 Å². The highest BCUT2D eigenvalue weighted by Gasteiger charge is 2.23. The monoisotopic (exact) mass is 129 g/mol. The lowest BCUT2D eigenvalue weighted by Gasteiger charge is -2.06. The van der Waals surface area contributed by atoms with Gasteiger partial charge in [-0.1, -0.05) is 0 Å². The standard InChI is InChI=1S/C6H11NO2/c7-6-4-9-3-5(6)1-2-8/h2,5-6H,1,3-4,7H2. The minimum absolute atomic E-state index is 0.0789. The maximum Gasteiger partial charge on any atom is 0.120 e. The summed E-state index contributed by atoms with van der Waals surface area (Å²) < 4.78 is 5.04. The number of nitrogens with two attached hydrogens (primary N) is 1. The highest BCUT2D eigenvalue weighted by atomic mass is 16.5. The Morgan fingerprint density at radius 2 is 2.44 bits per heavy atom. The van der Waals surface area contributed by atoms with Crippen LogP contribution in [0, 0.1) is 5.92 Å². The molecule has 2 unspecified atom stereocenters. The molecule has 0 aromatic rings. The first-order valence-corrected chi connectivity index (χ1v) is 3.11. The van der Waals surface area contributed by atoms with E-state index in [-0.39, 0.29) is 12.0 Å². The first-order chi connectivity index (χ1) is 4.34. The second kappa shape index (κ2) is 2.94. The van der Waals surface area contributed by atoms with Gasteiger partial charge in [-0.05, 0) is 0 Å². The molecular formula is C6H11NO2. The van der Waals surface area contributed by atoms with Gasteiger partial charge in [-0.3, -0.25) is 0 Å². The van der Waals surface area contributed by atoms with E-state index in [2.05, 4.69) is 0 Å². The maximum absolute atomic E-state index is 10.00. The van der Waals surface area contributed by atoms with E-state index in [0.29, 0.717) is 19.6 Å². The first kappa shape index (κ1) is 6.71. The van der Waals surface area contributed by atoms with Crippen LogP contribution in [0.4, 0.5) is 0 Å². The Bertz CT molecular complexity index is 105. The molecule has 1 rings (SSSR count). The molecule has 1 fully saturated rings. The summed E-state index contributed by atoms with van der Waals surface area (Å²) in [6.07, 6.45) is 1.44. The molecule has 0 radical (unpaired) electrons. The summed E-state index contributed by atoms with van der Waals surface area (Å²) in [5.41, 5.74) is 5.58. The Morgan fingerprint density at radius 3 is 2.89 bits per heavy atom. The highest BCUT2D eigenvalue weighted by Crippen LogP contribution is 2.13. The van der Waals surface area contributed by atoms with E-state index in [1.165, 1.54) is 0 Å². The van der Waals surface area contributed by atoms with Gasteiger partial charge in [0.15, 0.2) is 0 Å². The van der Waals surface area contributed by atoms with Crippen LogP contribution in [-0.4, -0.2) is 25.5 Å². The molecule has 2 N–H and O–H groups in total. The molecular weight excluding hydrogens is 118 g/mol. The molecule has 0 aromatic carbocycles. The molecule has 1 saturated heterocycles. The van der Waals surface area contributed by atoms with E-state index < -0.39 is 0 Å². The van der Waals surface area contributed by atoms with Crippen molar-refractivity contribution in [3.05, 3.63) is 0 Å². The van der Waals surface area contributed by atoms with E-state index in [4.69, 9.17) is 10.5 Å². The molecule has 52 valence electrons. The normalized spacial score (nSPS) is 34.8. The summed E-state index contributed by atoms with van der Waals surface area (Å²) in [6, 6.07) is 0.0789. The summed E-state index contributed by atoms with van der Waals surface area (Å²) in [7, 11) is 0. The van der Waals surface area contributed by atoms with Gasteiger partial charge in [0.05, 0.1) is 13.2 Å². The molecule has 0 aliphatic carbocycles. The van der Waals surface area contributed by atoms with Crippen molar-refractivity contribution in [1.82, 2.24) is 0 Å². The number of ether oxygens (including phenoxy) is 1. The summed E-state index contributed by atoms with van der Waals surface area (Å²) in [6.45, 7) is 1.26. The van der Waals surface area contributed by atoms with Gasteiger partial charge in [-0.25, -0.2) is 0 Å².